The summed E-state index contributed by atoms with van der Waals surface area (Å²) < 4.78 is 33.7. The lowest BCUT2D eigenvalue weighted by atomic mass is 10.1. The number of nitrogens with two attached hydrogens (primary N) is 1. The highest BCUT2D eigenvalue weighted by Crippen LogP contribution is 2.42. The number of primary amides is 1. The first kappa shape index (κ1) is 20.9. The molecule has 4 aromatic heterocycles. The molecule has 0 fully saturated rings. The van der Waals surface area contributed by atoms with Gasteiger partial charge in [0, 0.05) is 23.7 Å². The summed E-state index contributed by atoms with van der Waals surface area (Å²) in [6.45, 7) is 2.31. The van der Waals surface area contributed by atoms with Crippen LogP contribution in [0.3, 0.4) is 0 Å². The molecule has 0 aliphatic rings. The van der Waals surface area contributed by atoms with Crippen LogP contribution >= 0.6 is 22.9 Å². The van der Waals surface area contributed by atoms with Crippen LogP contribution < -0.4 is 11.1 Å². The predicted molar refractivity (Wildman–Crippen MR) is 112 cm³/mol. The van der Waals surface area contributed by atoms with Gasteiger partial charge < -0.3 is 15.5 Å². The Labute approximate surface area is 182 Å². The number of halogens is 3. The Bertz CT molecular complexity index is 1300. The van der Waals surface area contributed by atoms with Crippen LogP contribution in [0.15, 0.2) is 35.1 Å². The first-order valence-electron chi connectivity index (χ1n) is 8.93. The highest BCUT2D eigenvalue weighted by atomic mass is 35.5. The van der Waals surface area contributed by atoms with Gasteiger partial charge in [-0.1, -0.05) is 11.6 Å². The number of carbonyl (C=O) groups is 2. The number of pyridine rings is 1. The maximum Gasteiger partial charge on any atom is 0.280 e. The minimum absolute atomic E-state index is 0.0272. The van der Waals surface area contributed by atoms with Gasteiger partial charge in [0.2, 0.25) is 0 Å². The Balaban J connectivity index is 1.93. The van der Waals surface area contributed by atoms with Crippen molar-refractivity contribution in [2.24, 2.45) is 5.73 Å². The van der Waals surface area contributed by atoms with Crippen LogP contribution in [-0.2, 0) is 6.54 Å². The summed E-state index contributed by atoms with van der Waals surface area (Å²) >= 11 is 6.90. The predicted octanol–water partition coefficient (Wildman–Crippen LogP) is 4.71. The summed E-state index contributed by atoms with van der Waals surface area (Å²) in [6.07, 6.45) is 0.00891. The maximum atomic E-state index is 13.4. The monoisotopic (exact) mass is 465 g/mol. The molecule has 0 aromatic carbocycles. The van der Waals surface area contributed by atoms with Crippen LogP contribution in [0.2, 0.25) is 5.02 Å². The van der Waals surface area contributed by atoms with Gasteiger partial charge in [0.1, 0.15) is 21.2 Å². The number of rotatable bonds is 6. The van der Waals surface area contributed by atoms with E-state index in [1.165, 1.54) is 17.1 Å². The summed E-state index contributed by atoms with van der Waals surface area (Å²) in [6, 6.07) is 4.30. The maximum absolute atomic E-state index is 13.4. The Morgan fingerprint density at radius 3 is 2.77 bits per heavy atom. The zero-order valence-corrected chi connectivity index (χ0v) is 17.4. The topological polar surface area (TPSA) is 116 Å². The van der Waals surface area contributed by atoms with E-state index in [9.17, 15) is 18.4 Å². The van der Waals surface area contributed by atoms with Gasteiger partial charge in [-0.3, -0.25) is 14.3 Å². The van der Waals surface area contributed by atoms with Crippen molar-refractivity contribution in [2.75, 3.05) is 5.32 Å². The van der Waals surface area contributed by atoms with Gasteiger partial charge in [0.05, 0.1) is 17.0 Å². The average Bonchev–Trinajstić information content (AvgIpc) is 3.46. The van der Waals surface area contributed by atoms with E-state index in [-0.39, 0.29) is 42.8 Å². The smallest absolute Gasteiger partial charge is 0.280 e. The summed E-state index contributed by atoms with van der Waals surface area (Å²) in [4.78, 5) is 28.9. The molecule has 160 valence electrons. The minimum atomic E-state index is -2.85. The fourth-order valence-electron chi connectivity index (χ4n) is 3.03. The zero-order chi connectivity index (χ0) is 22.3. The molecule has 0 saturated carbocycles. The van der Waals surface area contributed by atoms with Crippen LogP contribution in [-0.4, -0.2) is 26.6 Å². The number of hydrogen-bond acceptors (Lipinski definition) is 6. The van der Waals surface area contributed by atoms with Gasteiger partial charge in [0.25, 0.3) is 18.2 Å². The number of furan rings is 1. The molecule has 0 aliphatic carbocycles. The molecule has 3 N–H and O–H groups in total. The number of aryl methyl sites for hydroxylation is 1. The lowest BCUT2D eigenvalue weighted by Crippen LogP contribution is -2.17. The lowest BCUT2D eigenvalue weighted by molar-refractivity contribution is 0.100. The number of anilines is 1. The summed E-state index contributed by atoms with van der Waals surface area (Å²) in [7, 11) is 0. The number of nitrogens with one attached hydrogen (secondary N) is 1. The van der Waals surface area contributed by atoms with Crippen LogP contribution in [0.1, 0.15) is 39.2 Å². The number of amides is 2. The molecule has 4 rings (SSSR count). The number of thiophene rings is 1. The van der Waals surface area contributed by atoms with Crippen molar-refractivity contribution < 1.29 is 22.8 Å². The van der Waals surface area contributed by atoms with E-state index >= 15 is 0 Å². The molecule has 12 heteroatoms. The van der Waals surface area contributed by atoms with Crippen molar-refractivity contribution in [3.05, 3.63) is 51.9 Å². The number of fused-ring (bicyclic) bond motifs is 1. The van der Waals surface area contributed by atoms with Crippen molar-refractivity contribution in [1.82, 2.24) is 14.8 Å². The van der Waals surface area contributed by atoms with Crippen molar-refractivity contribution in [3.8, 4) is 11.3 Å². The van der Waals surface area contributed by atoms with Gasteiger partial charge in [-0.15, -0.1) is 11.3 Å². The summed E-state index contributed by atoms with van der Waals surface area (Å²) in [5, 5.41) is 7.06. The molecule has 0 bridgehead atoms. The van der Waals surface area contributed by atoms with Crippen molar-refractivity contribution in [2.45, 2.75) is 19.9 Å². The molecule has 0 aliphatic heterocycles. The quantitative estimate of drug-likeness (QED) is 0.427. The third kappa shape index (κ3) is 3.77. The second-order valence-corrected chi connectivity index (χ2v) is 7.77. The van der Waals surface area contributed by atoms with Gasteiger partial charge >= 0.3 is 0 Å². The number of nitrogens with zero attached hydrogens (tertiary/aromatic N) is 3. The van der Waals surface area contributed by atoms with Crippen LogP contribution in [0, 0.1) is 0 Å². The van der Waals surface area contributed by atoms with Crippen molar-refractivity contribution >= 4 is 50.7 Å². The second kappa shape index (κ2) is 8.08. The molecule has 0 radical (unpaired) electrons. The SMILES string of the molecule is CCn1cc(Cl)c(C(=O)Nc2c(C(N)=O)sc3nc(C(F)F)cc(-c4ccco4)c23)n1. The Morgan fingerprint density at radius 2 is 2.19 bits per heavy atom. The average molecular weight is 466 g/mol. The van der Waals surface area contributed by atoms with E-state index in [0.717, 1.165) is 17.4 Å². The van der Waals surface area contributed by atoms with E-state index in [1.807, 2.05) is 6.92 Å². The molecule has 0 saturated heterocycles. The molecule has 8 nitrogen and oxygen atoms in total. The lowest BCUT2D eigenvalue weighted by Gasteiger charge is -2.09. The minimum Gasteiger partial charge on any atom is -0.464 e. The fraction of sp³-hybridized carbons (Fsp3) is 0.158. The number of carbonyl (C=O) groups excluding carboxylic acids is 2. The van der Waals surface area contributed by atoms with E-state index in [0.29, 0.717) is 6.54 Å². The Morgan fingerprint density at radius 1 is 1.42 bits per heavy atom. The third-order valence-electron chi connectivity index (χ3n) is 4.41. The largest absolute Gasteiger partial charge is 0.464 e. The van der Waals surface area contributed by atoms with E-state index in [4.69, 9.17) is 21.8 Å². The fourth-order valence-corrected chi connectivity index (χ4v) is 4.28. The number of hydrogen-bond donors (Lipinski definition) is 2. The van der Waals surface area contributed by atoms with Crippen LogP contribution in [0.4, 0.5) is 14.5 Å². The third-order valence-corrected chi connectivity index (χ3v) is 5.79. The van der Waals surface area contributed by atoms with Crippen molar-refractivity contribution in [1.29, 1.82) is 0 Å². The normalized spacial score (nSPS) is 11.4. The second-order valence-electron chi connectivity index (χ2n) is 6.36. The van der Waals surface area contributed by atoms with Crippen molar-refractivity contribution in [3.63, 3.8) is 0 Å². The molecule has 0 spiro atoms. The molecule has 4 heterocycles. The highest BCUT2D eigenvalue weighted by Gasteiger charge is 2.27. The van der Waals surface area contributed by atoms with Gasteiger partial charge in [-0.05, 0) is 25.1 Å². The Hall–Kier alpha value is -3.31. The number of aromatic nitrogens is 3. The molecule has 2 amide bonds. The van der Waals surface area contributed by atoms with E-state index in [1.54, 1.807) is 12.1 Å². The molecule has 0 atom stereocenters. The van der Waals surface area contributed by atoms with Gasteiger partial charge in [-0.2, -0.15) is 5.10 Å². The summed E-state index contributed by atoms with van der Waals surface area (Å²) in [5.41, 5.74) is 5.19. The van der Waals surface area contributed by atoms with Gasteiger partial charge in [0.15, 0.2) is 5.69 Å². The number of alkyl halides is 2. The van der Waals surface area contributed by atoms with E-state index < -0.39 is 23.9 Å². The zero-order valence-electron chi connectivity index (χ0n) is 15.9. The molecular weight excluding hydrogens is 452 g/mol. The summed E-state index contributed by atoms with van der Waals surface area (Å²) in [5.74, 6) is -1.29. The standard InChI is InChI=1S/C19H14ClF2N5O3S/c1-2-27-7-9(20)13(26-27)18(29)25-14-12-8(11-4-3-5-30-11)6-10(16(21)22)24-19(12)31-15(14)17(23)28/h3-7,16H,2H2,1H3,(H2,23,28)(H,25,29). The highest BCUT2D eigenvalue weighted by molar-refractivity contribution is 7.21. The van der Waals surface area contributed by atoms with Crippen LogP contribution in [0.25, 0.3) is 21.5 Å². The molecule has 4 aromatic rings. The molecular formula is C19H14ClF2N5O3S. The van der Waals surface area contributed by atoms with Crippen LogP contribution in [0.5, 0.6) is 0 Å². The van der Waals surface area contributed by atoms with Gasteiger partial charge in [-0.25, -0.2) is 13.8 Å². The van der Waals surface area contributed by atoms with E-state index in [2.05, 4.69) is 15.4 Å². The molecule has 31 heavy (non-hydrogen) atoms. The first-order valence-corrected chi connectivity index (χ1v) is 10.1. The first-order chi connectivity index (χ1) is 14.8. The molecule has 0 unspecified atom stereocenters. The Kier molecular flexibility index (Phi) is 5.46.